The largest absolute Gasteiger partial charge is 0.497 e. The number of unbranched alkanes of at least 4 members (excludes halogenated alkanes) is 1. The summed E-state index contributed by atoms with van der Waals surface area (Å²) in [5.41, 5.74) is 2.62. The van der Waals surface area contributed by atoms with E-state index in [4.69, 9.17) is 9.47 Å². The van der Waals surface area contributed by atoms with E-state index >= 15 is 0 Å². The molecule has 0 saturated carbocycles. The standard InChI is InChI=1S/C24H33N3O2/c1-28-23-10-8-22(9-11-23)27-16-14-25(15-17-27)12-4-5-13-26-18-19-29-24-7-3-2-6-21(24)20-26/h2-3,6-11H,4-5,12-20H2,1H3. The third-order valence-corrected chi connectivity index (χ3v) is 6.04. The van der Waals surface area contributed by atoms with Crippen LogP contribution < -0.4 is 14.4 Å². The Labute approximate surface area is 174 Å². The molecule has 0 bridgehead atoms. The predicted molar refractivity (Wildman–Crippen MR) is 118 cm³/mol. The number of ether oxygens (including phenoxy) is 2. The Morgan fingerprint density at radius 1 is 0.828 bits per heavy atom. The molecular weight excluding hydrogens is 362 g/mol. The molecule has 2 aromatic carbocycles. The van der Waals surface area contributed by atoms with Gasteiger partial charge in [0.15, 0.2) is 0 Å². The van der Waals surface area contributed by atoms with Crippen LogP contribution in [-0.4, -0.2) is 69.3 Å². The number of piperazine rings is 1. The molecule has 0 aromatic heterocycles. The molecule has 4 rings (SSSR count). The Hall–Kier alpha value is -2.24. The summed E-state index contributed by atoms with van der Waals surface area (Å²) in [5, 5.41) is 0. The summed E-state index contributed by atoms with van der Waals surface area (Å²) in [6.45, 7) is 9.70. The summed E-state index contributed by atoms with van der Waals surface area (Å²) < 4.78 is 11.1. The van der Waals surface area contributed by atoms with E-state index < -0.39 is 0 Å². The average Bonchev–Trinajstić information content (AvgIpc) is 2.99. The van der Waals surface area contributed by atoms with Crippen molar-refractivity contribution in [1.29, 1.82) is 0 Å². The maximum absolute atomic E-state index is 5.88. The lowest BCUT2D eigenvalue weighted by Crippen LogP contribution is -2.46. The van der Waals surface area contributed by atoms with Crippen LogP contribution >= 0.6 is 0 Å². The second-order valence-electron chi connectivity index (χ2n) is 7.97. The molecule has 2 aromatic rings. The first kappa shape index (κ1) is 20.0. The number of benzene rings is 2. The van der Waals surface area contributed by atoms with Crippen LogP contribution in [0.1, 0.15) is 18.4 Å². The van der Waals surface area contributed by atoms with E-state index in [-0.39, 0.29) is 0 Å². The normalized spacial score (nSPS) is 18.0. The average molecular weight is 396 g/mol. The van der Waals surface area contributed by atoms with Gasteiger partial charge in [-0.2, -0.15) is 0 Å². The minimum Gasteiger partial charge on any atom is -0.497 e. The molecule has 0 spiro atoms. The lowest BCUT2D eigenvalue weighted by molar-refractivity contribution is 0.211. The fourth-order valence-electron chi connectivity index (χ4n) is 4.26. The van der Waals surface area contributed by atoms with E-state index in [0.717, 1.165) is 63.9 Å². The number of hydrogen-bond donors (Lipinski definition) is 0. The van der Waals surface area contributed by atoms with Crippen LogP contribution in [0.3, 0.4) is 0 Å². The van der Waals surface area contributed by atoms with Gasteiger partial charge in [-0.25, -0.2) is 0 Å². The summed E-state index contributed by atoms with van der Waals surface area (Å²) in [7, 11) is 1.72. The number of para-hydroxylation sites is 1. The minimum atomic E-state index is 0.796. The molecule has 2 aliphatic rings. The highest BCUT2D eigenvalue weighted by Gasteiger charge is 2.18. The summed E-state index contributed by atoms with van der Waals surface area (Å²) in [6.07, 6.45) is 2.52. The highest BCUT2D eigenvalue weighted by Crippen LogP contribution is 2.23. The van der Waals surface area contributed by atoms with Crippen molar-refractivity contribution >= 4 is 5.69 Å². The lowest BCUT2D eigenvalue weighted by Gasteiger charge is -2.36. The molecular formula is C24H33N3O2. The zero-order valence-corrected chi connectivity index (χ0v) is 17.6. The Morgan fingerprint density at radius 3 is 2.31 bits per heavy atom. The molecule has 2 aliphatic heterocycles. The van der Waals surface area contributed by atoms with Gasteiger partial charge in [0.05, 0.1) is 7.11 Å². The minimum absolute atomic E-state index is 0.796. The third kappa shape index (κ3) is 5.43. The first-order valence-corrected chi connectivity index (χ1v) is 10.9. The van der Waals surface area contributed by atoms with Gasteiger partial charge in [-0.05, 0) is 56.3 Å². The van der Waals surface area contributed by atoms with Gasteiger partial charge >= 0.3 is 0 Å². The monoisotopic (exact) mass is 395 g/mol. The van der Waals surface area contributed by atoms with E-state index in [2.05, 4.69) is 51.1 Å². The number of fused-ring (bicyclic) bond motifs is 1. The number of methoxy groups -OCH3 is 1. The van der Waals surface area contributed by atoms with Gasteiger partial charge < -0.3 is 14.4 Å². The molecule has 0 amide bonds. The van der Waals surface area contributed by atoms with Crippen LogP contribution in [0, 0.1) is 0 Å². The second-order valence-corrected chi connectivity index (χ2v) is 7.97. The molecule has 5 heteroatoms. The second kappa shape index (κ2) is 9.99. The highest BCUT2D eigenvalue weighted by molar-refractivity contribution is 5.49. The maximum atomic E-state index is 5.88. The first-order chi connectivity index (χ1) is 14.3. The van der Waals surface area contributed by atoms with Crippen LogP contribution in [0.2, 0.25) is 0 Å². The van der Waals surface area contributed by atoms with E-state index in [9.17, 15) is 0 Å². The number of hydrogen-bond acceptors (Lipinski definition) is 5. The topological polar surface area (TPSA) is 28.2 Å². The molecule has 0 aliphatic carbocycles. The fourth-order valence-corrected chi connectivity index (χ4v) is 4.26. The van der Waals surface area contributed by atoms with Gasteiger partial charge in [0.1, 0.15) is 18.1 Å². The van der Waals surface area contributed by atoms with Crippen molar-refractivity contribution in [2.24, 2.45) is 0 Å². The van der Waals surface area contributed by atoms with Crippen molar-refractivity contribution in [1.82, 2.24) is 9.80 Å². The van der Waals surface area contributed by atoms with Crippen LogP contribution in [0.25, 0.3) is 0 Å². The van der Waals surface area contributed by atoms with E-state index in [1.807, 2.05) is 12.1 Å². The summed E-state index contributed by atoms with van der Waals surface area (Å²) in [4.78, 5) is 7.62. The number of rotatable bonds is 7. The van der Waals surface area contributed by atoms with E-state index in [1.54, 1.807) is 7.11 Å². The van der Waals surface area contributed by atoms with Gasteiger partial charge in [0, 0.05) is 50.5 Å². The summed E-state index contributed by atoms with van der Waals surface area (Å²) >= 11 is 0. The lowest BCUT2D eigenvalue weighted by atomic mass is 10.2. The Morgan fingerprint density at radius 2 is 1.55 bits per heavy atom. The Balaban J connectivity index is 1.15. The van der Waals surface area contributed by atoms with E-state index in [0.29, 0.717) is 0 Å². The van der Waals surface area contributed by atoms with Gasteiger partial charge in [-0.3, -0.25) is 9.80 Å². The van der Waals surface area contributed by atoms with Gasteiger partial charge in [0.2, 0.25) is 0 Å². The number of anilines is 1. The molecule has 156 valence electrons. The molecule has 5 nitrogen and oxygen atoms in total. The molecule has 0 N–H and O–H groups in total. The third-order valence-electron chi connectivity index (χ3n) is 6.04. The molecule has 0 radical (unpaired) electrons. The molecule has 1 fully saturated rings. The van der Waals surface area contributed by atoms with Crippen molar-refractivity contribution in [3.05, 3.63) is 54.1 Å². The highest BCUT2D eigenvalue weighted by atomic mass is 16.5. The van der Waals surface area contributed by atoms with Gasteiger partial charge in [0.25, 0.3) is 0 Å². The van der Waals surface area contributed by atoms with Crippen molar-refractivity contribution in [3.63, 3.8) is 0 Å². The van der Waals surface area contributed by atoms with Crippen LogP contribution in [0.4, 0.5) is 5.69 Å². The van der Waals surface area contributed by atoms with Crippen molar-refractivity contribution in [3.8, 4) is 11.5 Å². The zero-order chi connectivity index (χ0) is 19.9. The SMILES string of the molecule is COc1ccc(N2CCN(CCCCN3CCOc4ccccc4C3)CC2)cc1. The Bertz CT molecular complexity index is 757. The van der Waals surface area contributed by atoms with Gasteiger partial charge in [-0.1, -0.05) is 18.2 Å². The molecule has 2 heterocycles. The zero-order valence-electron chi connectivity index (χ0n) is 17.6. The number of nitrogens with zero attached hydrogens (tertiary/aromatic N) is 3. The van der Waals surface area contributed by atoms with Crippen molar-refractivity contribution in [2.75, 3.05) is 64.4 Å². The van der Waals surface area contributed by atoms with Gasteiger partial charge in [-0.15, -0.1) is 0 Å². The molecule has 1 saturated heterocycles. The molecule has 0 atom stereocenters. The fraction of sp³-hybridized carbons (Fsp3) is 0.500. The van der Waals surface area contributed by atoms with Crippen molar-refractivity contribution < 1.29 is 9.47 Å². The first-order valence-electron chi connectivity index (χ1n) is 10.9. The Kier molecular flexibility index (Phi) is 6.91. The van der Waals surface area contributed by atoms with Crippen LogP contribution in [0.15, 0.2) is 48.5 Å². The molecule has 29 heavy (non-hydrogen) atoms. The summed E-state index contributed by atoms with van der Waals surface area (Å²) in [6, 6.07) is 16.9. The molecule has 0 unspecified atom stereocenters. The van der Waals surface area contributed by atoms with Crippen LogP contribution in [-0.2, 0) is 6.54 Å². The maximum Gasteiger partial charge on any atom is 0.123 e. The van der Waals surface area contributed by atoms with E-state index in [1.165, 1.54) is 30.6 Å². The summed E-state index contributed by atoms with van der Waals surface area (Å²) in [5.74, 6) is 1.98. The predicted octanol–water partition coefficient (Wildman–Crippen LogP) is 3.49. The smallest absolute Gasteiger partial charge is 0.123 e. The van der Waals surface area contributed by atoms with Crippen molar-refractivity contribution in [2.45, 2.75) is 19.4 Å². The quantitative estimate of drug-likeness (QED) is 0.669. The van der Waals surface area contributed by atoms with Crippen LogP contribution in [0.5, 0.6) is 11.5 Å².